The van der Waals surface area contributed by atoms with Crippen molar-refractivity contribution in [2.24, 2.45) is 18.4 Å². The summed E-state index contributed by atoms with van der Waals surface area (Å²) >= 11 is 0. The number of rotatable bonds is 5. The molecule has 2 heterocycles. The van der Waals surface area contributed by atoms with Crippen molar-refractivity contribution in [2.75, 3.05) is 26.8 Å². The number of hydrogen-bond acceptors (Lipinski definition) is 3. The highest BCUT2D eigenvalue weighted by molar-refractivity contribution is 5.74. The molecule has 1 aromatic rings. The molecule has 0 aliphatic carbocycles. The number of imidazole rings is 1. The van der Waals surface area contributed by atoms with Crippen LogP contribution in [0.3, 0.4) is 0 Å². The molecular weight excluding hydrogens is 268 g/mol. The van der Waals surface area contributed by atoms with E-state index in [1.807, 2.05) is 24.9 Å². The van der Waals surface area contributed by atoms with E-state index in [4.69, 9.17) is 4.74 Å². The van der Waals surface area contributed by atoms with E-state index in [0.29, 0.717) is 6.54 Å². The van der Waals surface area contributed by atoms with Crippen LogP contribution in [0, 0.1) is 11.3 Å². The molecule has 1 aliphatic rings. The normalized spacial score (nSPS) is 18.2. The summed E-state index contributed by atoms with van der Waals surface area (Å²) in [7, 11) is 3.77. The van der Waals surface area contributed by atoms with Gasteiger partial charge in [0.2, 0.25) is 0 Å². The van der Waals surface area contributed by atoms with E-state index in [1.54, 1.807) is 11.1 Å². The molecule has 1 fully saturated rings. The van der Waals surface area contributed by atoms with Crippen LogP contribution >= 0.6 is 0 Å². The first-order valence-electron chi connectivity index (χ1n) is 7.39. The van der Waals surface area contributed by atoms with Gasteiger partial charge in [-0.1, -0.05) is 20.8 Å². The lowest BCUT2D eigenvalue weighted by Gasteiger charge is -2.41. The number of carbonyl (C=O) groups excluding carboxylic acids is 1. The summed E-state index contributed by atoms with van der Waals surface area (Å²) in [5.74, 6) is 1.15. The third-order valence-electron chi connectivity index (χ3n) is 3.95. The summed E-state index contributed by atoms with van der Waals surface area (Å²) in [4.78, 5) is 18.5. The third-order valence-corrected chi connectivity index (χ3v) is 3.95. The highest BCUT2D eigenvalue weighted by Gasteiger charge is 2.36. The number of amides is 2. The monoisotopic (exact) mass is 294 g/mol. The molecule has 2 amide bonds. The zero-order valence-corrected chi connectivity index (χ0v) is 13.6. The second-order valence-corrected chi connectivity index (χ2v) is 6.73. The number of nitrogens with zero attached hydrogens (tertiary/aromatic N) is 3. The maximum atomic E-state index is 12.4. The number of ether oxygens (including phenoxy) is 1. The highest BCUT2D eigenvalue weighted by Crippen LogP contribution is 2.27. The van der Waals surface area contributed by atoms with Gasteiger partial charge in [-0.2, -0.15) is 0 Å². The fourth-order valence-corrected chi connectivity index (χ4v) is 2.64. The lowest BCUT2D eigenvalue weighted by atomic mass is 9.88. The van der Waals surface area contributed by atoms with Crippen molar-refractivity contribution < 1.29 is 9.53 Å². The average Bonchev–Trinajstić information content (AvgIpc) is 2.79. The first kappa shape index (κ1) is 15.8. The Morgan fingerprint density at radius 2 is 2.24 bits per heavy atom. The first-order valence-corrected chi connectivity index (χ1v) is 7.39. The van der Waals surface area contributed by atoms with Crippen molar-refractivity contribution in [2.45, 2.75) is 26.8 Å². The molecule has 21 heavy (non-hydrogen) atoms. The minimum absolute atomic E-state index is 0.0650. The van der Waals surface area contributed by atoms with E-state index in [0.717, 1.165) is 19.0 Å². The van der Waals surface area contributed by atoms with Crippen LogP contribution in [0.4, 0.5) is 4.79 Å². The van der Waals surface area contributed by atoms with Gasteiger partial charge in [0.1, 0.15) is 5.82 Å². The maximum absolute atomic E-state index is 12.4. The predicted octanol–water partition coefficient (Wildman–Crippen LogP) is 1.80. The van der Waals surface area contributed by atoms with Crippen LogP contribution in [-0.2, 0) is 11.8 Å². The smallest absolute Gasteiger partial charge is 0.317 e. The van der Waals surface area contributed by atoms with Gasteiger partial charge in [-0.25, -0.2) is 9.78 Å². The van der Waals surface area contributed by atoms with Crippen LogP contribution in [-0.4, -0.2) is 47.3 Å². The summed E-state index contributed by atoms with van der Waals surface area (Å²) in [6.07, 6.45) is 3.65. The zero-order chi connectivity index (χ0) is 15.6. The number of aromatic nitrogens is 2. The molecule has 0 unspecified atom stereocenters. The molecule has 0 bridgehead atoms. The predicted molar refractivity (Wildman–Crippen MR) is 80.9 cm³/mol. The molecule has 0 radical (unpaired) electrons. The molecule has 0 saturated carbocycles. The van der Waals surface area contributed by atoms with Crippen molar-refractivity contribution in [1.29, 1.82) is 0 Å². The molecule has 0 aromatic carbocycles. The molecule has 1 N–H and O–H groups in total. The summed E-state index contributed by atoms with van der Waals surface area (Å²) in [6, 6.07) is -0.157. The quantitative estimate of drug-likeness (QED) is 0.901. The second-order valence-electron chi connectivity index (χ2n) is 6.73. The number of aryl methyl sites for hydroxylation is 1. The van der Waals surface area contributed by atoms with E-state index in [9.17, 15) is 4.79 Å². The van der Waals surface area contributed by atoms with E-state index in [-0.39, 0.29) is 23.4 Å². The highest BCUT2D eigenvalue weighted by atomic mass is 16.5. The SMILES string of the molecule is CC(C)[C@H](NC(=O)N(C)CC1(C)COC1)c1nccn1C. The number of hydrogen-bond donors (Lipinski definition) is 1. The molecule has 6 heteroatoms. The minimum Gasteiger partial charge on any atom is -0.380 e. The Labute approximate surface area is 126 Å². The summed E-state index contributed by atoms with van der Waals surface area (Å²) in [5, 5.41) is 3.09. The lowest BCUT2D eigenvalue weighted by Crippen LogP contribution is -2.51. The van der Waals surface area contributed by atoms with E-state index in [1.165, 1.54) is 0 Å². The first-order chi connectivity index (χ1) is 9.82. The molecule has 1 atom stereocenters. The summed E-state index contributed by atoms with van der Waals surface area (Å²) in [5.41, 5.74) is 0.0860. The summed E-state index contributed by atoms with van der Waals surface area (Å²) in [6.45, 7) is 8.44. The van der Waals surface area contributed by atoms with Crippen molar-refractivity contribution in [1.82, 2.24) is 19.8 Å². The molecule has 1 saturated heterocycles. The van der Waals surface area contributed by atoms with Gasteiger partial charge in [-0.05, 0) is 5.92 Å². The lowest BCUT2D eigenvalue weighted by molar-refractivity contribution is -0.108. The third kappa shape index (κ3) is 3.56. The topological polar surface area (TPSA) is 59.4 Å². The van der Waals surface area contributed by atoms with Crippen molar-refractivity contribution in [3.8, 4) is 0 Å². The number of urea groups is 1. The zero-order valence-electron chi connectivity index (χ0n) is 13.6. The maximum Gasteiger partial charge on any atom is 0.317 e. The standard InChI is InChI=1S/C15H26N4O2/c1-11(2)12(13-16-6-7-18(13)4)17-14(20)19(5)8-15(3)9-21-10-15/h6-7,11-12H,8-10H2,1-5H3,(H,17,20)/t12-/m0/s1. The molecule has 2 rings (SSSR count). The van der Waals surface area contributed by atoms with Gasteiger partial charge in [0.05, 0.1) is 19.3 Å². The Balaban J connectivity index is 2.00. The van der Waals surface area contributed by atoms with E-state index in [2.05, 4.69) is 31.1 Å². The molecule has 1 aromatic heterocycles. The van der Waals surface area contributed by atoms with Crippen LogP contribution in [0.2, 0.25) is 0 Å². The molecule has 1 aliphatic heterocycles. The van der Waals surface area contributed by atoms with E-state index < -0.39 is 0 Å². The molecule has 118 valence electrons. The van der Waals surface area contributed by atoms with Gasteiger partial charge in [-0.15, -0.1) is 0 Å². The van der Waals surface area contributed by atoms with Crippen molar-refractivity contribution in [3.63, 3.8) is 0 Å². The summed E-state index contributed by atoms with van der Waals surface area (Å²) < 4.78 is 7.19. The fourth-order valence-electron chi connectivity index (χ4n) is 2.64. The van der Waals surface area contributed by atoms with Gasteiger partial charge < -0.3 is 19.5 Å². The average molecular weight is 294 g/mol. The van der Waals surface area contributed by atoms with Crippen LogP contribution < -0.4 is 5.32 Å². The fraction of sp³-hybridized carbons (Fsp3) is 0.733. The van der Waals surface area contributed by atoms with Gasteiger partial charge in [0.15, 0.2) is 0 Å². The van der Waals surface area contributed by atoms with Gasteiger partial charge >= 0.3 is 6.03 Å². The van der Waals surface area contributed by atoms with Crippen LogP contribution in [0.25, 0.3) is 0 Å². The Kier molecular flexibility index (Phi) is 4.56. The Hall–Kier alpha value is -1.56. The van der Waals surface area contributed by atoms with Crippen molar-refractivity contribution >= 4 is 6.03 Å². The van der Waals surface area contributed by atoms with Gasteiger partial charge in [-0.3, -0.25) is 0 Å². The largest absolute Gasteiger partial charge is 0.380 e. The Bertz CT molecular complexity index is 494. The van der Waals surface area contributed by atoms with Crippen molar-refractivity contribution in [3.05, 3.63) is 18.2 Å². The number of nitrogens with one attached hydrogen (secondary N) is 1. The Morgan fingerprint density at radius 3 is 2.67 bits per heavy atom. The number of carbonyl (C=O) groups is 1. The minimum atomic E-state index is -0.0922. The molecule has 6 nitrogen and oxygen atoms in total. The molecular formula is C15H26N4O2. The van der Waals surface area contributed by atoms with Crippen LogP contribution in [0.1, 0.15) is 32.6 Å². The second kappa shape index (κ2) is 6.05. The van der Waals surface area contributed by atoms with Gasteiger partial charge in [0.25, 0.3) is 0 Å². The molecule has 0 spiro atoms. The van der Waals surface area contributed by atoms with E-state index >= 15 is 0 Å². The van der Waals surface area contributed by atoms with Gasteiger partial charge in [0, 0.05) is 38.4 Å². The van der Waals surface area contributed by atoms with Crippen LogP contribution in [0.5, 0.6) is 0 Å². The Morgan fingerprint density at radius 1 is 1.57 bits per heavy atom. The van der Waals surface area contributed by atoms with Crippen LogP contribution in [0.15, 0.2) is 12.4 Å².